The van der Waals surface area contributed by atoms with E-state index in [1.807, 2.05) is 12.1 Å². The zero-order valence-electron chi connectivity index (χ0n) is 13.4. The SMILES string of the molecule is CC(C)CCN=C(N)NCCc1nc(-c2cccc(Cl)c2)no1. The van der Waals surface area contributed by atoms with Gasteiger partial charge in [0.05, 0.1) is 0 Å². The topological polar surface area (TPSA) is 89.3 Å². The fourth-order valence-electron chi connectivity index (χ4n) is 1.90. The molecule has 0 bridgehead atoms. The van der Waals surface area contributed by atoms with Crippen LogP contribution in [0, 0.1) is 5.92 Å². The Balaban J connectivity index is 1.81. The lowest BCUT2D eigenvalue weighted by molar-refractivity contribution is 0.379. The van der Waals surface area contributed by atoms with Crippen molar-refractivity contribution in [1.29, 1.82) is 0 Å². The molecule has 1 heterocycles. The fourth-order valence-corrected chi connectivity index (χ4v) is 2.09. The Kier molecular flexibility index (Phi) is 6.40. The van der Waals surface area contributed by atoms with Crippen LogP contribution in [0.4, 0.5) is 0 Å². The maximum atomic E-state index is 5.96. The van der Waals surface area contributed by atoms with Gasteiger partial charge in [-0.05, 0) is 24.5 Å². The van der Waals surface area contributed by atoms with Gasteiger partial charge in [0.25, 0.3) is 0 Å². The molecule has 0 spiro atoms. The first-order valence-corrected chi connectivity index (χ1v) is 8.04. The fraction of sp³-hybridized carbons (Fsp3) is 0.438. The van der Waals surface area contributed by atoms with Gasteiger partial charge in [-0.1, -0.05) is 42.7 Å². The minimum absolute atomic E-state index is 0.445. The minimum atomic E-state index is 0.445. The van der Waals surface area contributed by atoms with E-state index in [4.69, 9.17) is 21.9 Å². The highest BCUT2D eigenvalue weighted by Gasteiger charge is 2.08. The lowest BCUT2D eigenvalue weighted by Crippen LogP contribution is -2.33. The summed E-state index contributed by atoms with van der Waals surface area (Å²) in [5.74, 6) is 2.14. The molecule has 6 nitrogen and oxygen atoms in total. The van der Waals surface area contributed by atoms with Gasteiger partial charge in [-0.15, -0.1) is 0 Å². The van der Waals surface area contributed by atoms with Gasteiger partial charge in [0.1, 0.15) is 0 Å². The Morgan fingerprint density at radius 3 is 3.00 bits per heavy atom. The minimum Gasteiger partial charge on any atom is -0.370 e. The number of nitrogens with two attached hydrogens (primary N) is 1. The first-order valence-electron chi connectivity index (χ1n) is 7.67. The molecule has 0 aliphatic rings. The number of hydrogen-bond donors (Lipinski definition) is 2. The van der Waals surface area contributed by atoms with Gasteiger partial charge in [-0.25, -0.2) is 0 Å². The Morgan fingerprint density at radius 1 is 1.43 bits per heavy atom. The van der Waals surface area contributed by atoms with Crippen molar-refractivity contribution in [1.82, 2.24) is 15.5 Å². The number of aromatic nitrogens is 2. The van der Waals surface area contributed by atoms with E-state index in [0.29, 0.717) is 41.6 Å². The summed E-state index contributed by atoms with van der Waals surface area (Å²) >= 11 is 5.96. The summed E-state index contributed by atoms with van der Waals surface area (Å²) in [5, 5.41) is 7.64. The molecule has 0 saturated carbocycles. The van der Waals surface area contributed by atoms with Crippen molar-refractivity contribution in [3.63, 3.8) is 0 Å². The molecule has 0 fully saturated rings. The van der Waals surface area contributed by atoms with E-state index >= 15 is 0 Å². The van der Waals surface area contributed by atoms with Gasteiger partial charge in [0.2, 0.25) is 11.7 Å². The molecule has 3 N–H and O–H groups in total. The number of guanidine groups is 1. The highest BCUT2D eigenvalue weighted by molar-refractivity contribution is 6.30. The van der Waals surface area contributed by atoms with Gasteiger partial charge >= 0.3 is 0 Å². The molecule has 1 aromatic carbocycles. The van der Waals surface area contributed by atoms with Crippen molar-refractivity contribution in [2.24, 2.45) is 16.6 Å². The van der Waals surface area contributed by atoms with Crippen molar-refractivity contribution in [3.05, 3.63) is 35.2 Å². The molecule has 0 saturated heterocycles. The van der Waals surface area contributed by atoms with Crippen molar-refractivity contribution in [3.8, 4) is 11.4 Å². The third-order valence-electron chi connectivity index (χ3n) is 3.18. The van der Waals surface area contributed by atoms with E-state index < -0.39 is 0 Å². The summed E-state index contributed by atoms with van der Waals surface area (Å²) in [6.07, 6.45) is 1.60. The molecule has 124 valence electrons. The highest BCUT2D eigenvalue weighted by Crippen LogP contribution is 2.19. The number of rotatable bonds is 7. The van der Waals surface area contributed by atoms with Gasteiger partial charge < -0.3 is 15.6 Å². The van der Waals surface area contributed by atoms with E-state index in [-0.39, 0.29) is 0 Å². The summed E-state index contributed by atoms with van der Waals surface area (Å²) in [6, 6.07) is 7.34. The van der Waals surface area contributed by atoms with Crippen LogP contribution in [-0.2, 0) is 6.42 Å². The standard InChI is InChI=1S/C16H22ClN5O/c1-11(2)6-8-19-16(18)20-9-7-14-21-15(22-23-14)12-4-3-5-13(17)10-12/h3-5,10-11H,6-9H2,1-2H3,(H3,18,19,20). The lowest BCUT2D eigenvalue weighted by Gasteiger charge is -2.04. The Hall–Kier alpha value is -2.08. The molecule has 0 amide bonds. The molecular formula is C16H22ClN5O. The number of benzene rings is 1. The number of halogens is 1. The van der Waals surface area contributed by atoms with Crippen LogP contribution >= 0.6 is 11.6 Å². The number of nitrogens with one attached hydrogen (secondary N) is 1. The summed E-state index contributed by atoms with van der Waals surface area (Å²) in [6.45, 7) is 5.64. The second-order valence-electron chi connectivity index (χ2n) is 5.65. The van der Waals surface area contributed by atoms with Crippen LogP contribution in [0.3, 0.4) is 0 Å². The zero-order valence-corrected chi connectivity index (χ0v) is 14.2. The molecule has 7 heteroatoms. The number of hydrogen-bond acceptors (Lipinski definition) is 4. The van der Waals surface area contributed by atoms with Crippen molar-refractivity contribution >= 4 is 17.6 Å². The first-order chi connectivity index (χ1) is 11.0. The van der Waals surface area contributed by atoms with Crippen LogP contribution in [0.1, 0.15) is 26.2 Å². The van der Waals surface area contributed by atoms with Crippen molar-refractivity contribution < 1.29 is 4.52 Å². The van der Waals surface area contributed by atoms with E-state index in [1.165, 1.54) is 0 Å². The predicted molar refractivity (Wildman–Crippen MR) is 92.4 cm³/mol. The van der Waals surface area contributed by atoms with E-state index in [2.05, 4.69) is 34.3 Å². The Labute approximate surface area is 141 Å². The summed E-state index contributed by atoms with van der Waals surface area (Å²) < 4.78 is 5.23. The Bertz CT molecular complexity index is 653. The predicted octanol–water partition coefficient (Wildman–Crippen LogP) is 2.88. The van der Waals surface area contributed by atoms with Crippen LogP contribution < -0.4 is 11.1 Å². The quantitative estimate of drug-likeness (QED) is 0.600. The van der Waals surface area contributed by atoms with E-state index in [0.717, 1.165) is 18.5 Å². The second kappa shape index (κ2) is 8.53. The van der Waals surface area contributed by atoms with Gasteiger partial charge in [-0.3, -0.25) is 4.99 Å². The molecule has 2 rings (SSSR count). The third-order valence-corrected chi connectivity index (χ3v) is 3.42. The monoisotopic (exact) mass is 335 g/mol. The summed E-state index contributed by atoms with van der Waals surface area (Å²) in [7, 11) is 0. The molecular weight excluding hydrogens is 314 g/mol. The van der Waals surface area contributed by atoms with Crippen LogP contribution in [-0.4, -0.2) is 29.2 Å². The number of aliphatic imine (C=N–C) groups is 1. The van der Waals surface area contributed by atoms with Gasteiger partial charge in [0.15, 0.2) is 5.96 Å². The molecule has 2 aromatic rings. The summed E-state index contributed by atoms with van der Waals surface area (Å²) in [5.41, 5.74) is 6.62. The Morgan fingerprint density at radius 2 is 2.26 bits per heavy atom. The van der Waals surface area contributed by atoms with Crippen LogP contribution in [0.25, 0.3) is 11.4 Å². The molecule has 1 aromatic heterocycles. The first kappa shape index (κ1) is 17.3. The molecule has 0 radical (unpaired) electrons. The normalized spacial score (nSPS) is 11.9. The summed E-state index contributed by atoms with van der Waals surface area (Å²) in [4.78, 5) is 8.61. The maximum Gasteiger partial charge on any atom is 0.228 e. The average molecular weight is 336 g/mol. The smallest absolute Gasteiger partial charge is 0.228 e. The van der Waals surface area contributed by atoms with Crippen LogP contribution in [0.15, 0.2) is 33.8 Å². The zero-order chi connectivity index (χ0) is 16.7. The van der Waals surface area contributed by atoms with Gasteiger partial charge in [0, 0.05) is 30.1 Å². The largest absolute Gasteiger partial charge is 0.370 e. The second-order valence-corrected chi connectivity index (χ2v) is 6.08. The molecule has 0 atom stereocenters. The van der Waals surface area contributed by atoms with Crippen LogP contribution in [0.2, 0.25) is 5.02 Å². The highest BCUT2D eigenvalue weighted by atomic mass is 35.5. The molecule has 0 aliphatic heterocycles. The molecule has 0 aliphatic carbocycles. The van der Waals surface area contributed by atoms with Crippen molar-refractivity contribution in [2.75, 3.05) is 13.1 Å². The van der Waals surface area contributed by atoms with E-state index in [9.17, 15) is 0 Å². The van der Waals surface area contributed by atoms with Crippen LogP contribution in [0.5, 0.6) is 0 Å². The third kappa shape index (κ3) is 5.90. The lowest BCUT2D eigenvalue weighted by atomic mass is 10.1. The van der Waals surface area contributed by atoms with Gasteiger partial charge in [-0.2, -0.15) is 4.98 Å². The molecule has 0 unspecified atom stereocenters. The molecule has 23 heavy (non-hydrogen) atoms. The van der Waals surface area contributed by atoms with E-state index in [1.54, 1.807) is 12.1 Å². The maximum absolute atomic E-state index is 5.96. The average Bonchev–Trinajstić information content (AvgIpc) is 2.96. The van der Waals surface area contributed by atoms with Crippen molar-refractivity contribution in [2.45, 2.75) is 26.7 Å². The number of nitrogens with zero attached hydrogens (tertiary/aromatic N) is 3.